The maximum absolute atomic E-state index is 13.2. The topological polar surface area (TPSA) is 89.4 Å². The van der Waals surface area contributed by atoms with Gasteiger partial charge in [0.1, 0.15) is 11.5 Å². The molecule has 0 fully saturated rings. The van der Waals surface area contributed by atoms with E-state index in [1.165, 1.54) is 0 Å². The molecule has 166 valence electrons. The van der Waals surface area contributed by atoms with Crippen molar-refractivity contribution < 1.29 is 14.3 Å². The Morgan fingerprint density at radius 2 is 1.94 bits per heavy atom. The minimum absolute atomic E-state index is 0.110. The summed E-state index contributed by atoms with van der Waals surface area (Å²) in [6, 6.07) is 13.2. The van der Waals surface area contributed by atoms with Crippen LogP contribution in [0.15, 0.2) is 54.9 Å². The average Bonchev–Trinajstić information content (AvgIpc) is 3.23. The number of nitrogens with one attached hydrogen (secondary N) is 1. The molecule has 3 heterocycles. The van der Waals surface area contributed by atoms with E-state index in [2.05, 4.69) is 15.3 Å². The van der Waals surface area contributed by atoms with Gasteiger partial charge in [-0.25, -0.2) is 9.97 Å². The molecule has 1 N–H and O–H groups in total. The van der Waals surface area contributed by atoms with E-state index in [9.17, 15) is 9.59 Å². The molecular formula is C24H27N5O3. The molecule has 0 aliphatic carbocycles. The lowest BCUT2D eigenvalue weighted by Gasteiger charge is -2.22. The fourth-order valence-electron chi connectivity index (χ4n) is 3.93. The number of ether oxygens (including phenoxy) is 1. The van der Waals surface area contributed by atoms with Crippen molar-refractivity contribution in [3.8, 4) is 0 Å². The van der Waals surface area contributed by atoms with Crippen molar-refractivity contribution in [1.29, 1.82) is 0 Å². The Morgan fingerprint density at radius 1 is 1.19 bits per heavy atom. The van der Waals surface area contributed by atoms with E-state index in [0.717, 1.165) is 17.7 Å². The molecular weight excluding hydrogens is 406 g/mol. The third kappa shape index (κ3) is 4.55. The zero-order chi connectivity index (χ0) is 22.5. The molecule has 2 aromatic heterocycles. The zero-order valence-corrected chi connectivity index (χ0v) is 18.3. The molecule has 8 heteroatoms. The van der Waals surface area contributed by atoms with Crippen LogP contribution in [0.3, 0.4) is 0 Å². The first-order valence-electron chi connectivity index (χ1n) is 10.8. The Labute approximate surface area is 187 Å². The number of nitrogens with zero attached hydrogens (tertiary/aromatic N) is 4. The molecule has 4 rings (SSSR count). The molecule has 8 nitrogen and oxygen atoms in total. The van der Waals surface area contributed by atoms with Crippen molar-refractivity contribution in [1.82, 2.24) is 24.8 Å². The molecule has 32 heavy (non-hydrogen) atoms. The van der Waals surface area contributed by atoms with Crippen LogP contribution in [0.4, 0.5) is 0 Å². The maximum atomic E-state index is 13.2. The summed E-state index contributed by atoms with van der Waals surface area (Å²) in [6.45, 7) is 3.63. The Bertz CT molecular complexity index is 1080. The van der Waals surface area contributed by atoms with E-state index in [0.29, 0.717) is 36.8 Å². The second-order valence-corrected chi connectivity index (χ2v) is 7.77. The van der Waals surface area contributed by atoms with Crippen molar-refractivity contribution >= 4 is 11.8 Å². The van der Waals surface area contributed by atoms with Crippen LogP contribution in [-0.2, 0) is 24.4 Å². The smallest absolute Gasteiger partial charge is 0.270 e. The normalized spacial score (nSPS) is 13.8. The van der Waals surface area contributed by atoms with Gasteiger partial charge in [-0.1, -0.05) is 37.3 Å². The summed E-state index contributed by atoms with van der Waals surface area (Å²) in [5.41, 5.74) is 2.72. The van der Waals surface area contributed by atoms with Crippen LogP contribution in [0.5, 0.6) is 0 Å². The molecule has 0 spiro atoms. The fourth-order valence-corrected chi connectivity index (χ4v) is 3.93. The highest BCUT2D eigenvalue weighted by atomic mass is 16.5. The first-order chi connectivity index (χ1) is 15.6. The number of aromatic nitrogens is 3. The van der Waals surface area contributed by atoms with Crippen LogP contribution in [0.1, 0.15) is 57.3 Å². The molecule has 0 saturated heterocycles. The van der Waals surface area contributed by atoms with Crippen LogP contribution in [-0.4, -0.2) is 44.9 Å². The van der Waals surface area contributed by atoms with Crippen LogP contribution in [0.2, 0.25) is 0 Å². The van der Waals surface area contributed by atoms with Gasteiger partial charge >= 0.3 is 0 Å². The van der Waals surface area contributed by atoms with Gasteiger partial charge in [0, 0.05) is 26.0 Å². The van der Waals surface area contributed by atoms with E-state index in [4.69, 9.17) is 4.74 Å². The SMILES string of the molecule is CCC(NC(=O)c1cc(C(=O)N(C)Cc2ncccn2)n2c1COCC2)c1ccccc1. The van der Waals surface area contributed by atoms with Crippen LogP contribution in [0.25, 0.3) is 0 Å². The lowest BCUT2D eigenvalue weighted by Crippen LogP contribution is -2.31. The third-order valence-electron chi connectivity index (χ3n) is 5.63. The van der Waals surface area contributed by atoms with Gasteiger partial charge in [0.2, 0.25) is 0 Å². The second kappa shape index (κ2) is 9.74. The van der Waals surface area contributed by atoms with Crippen molar-refractivity contribution in [2.75, 3.05) is 13.7 Å². The Balaban J connectivity index is 1.58. The number of benzene rings is 1. The highest BCUT2D eigenvalue weighted by molar-refractivity contribution is 6.00. The molecule has 1 atom stereocenters. The van der Waals surface area contributed by atoms with E-state index in [1.54, 1.807) is 36.5 Å². The number of hydrogen-bond donors (Lipinski definition) is 1. The van der Waals surface area contributed by atoms with Gasteiger partial charge in [-0.15, -0.1) is 0 Å². The van der Waals surface area contributed by atoms with Gasteiger partial charge in [-0.05, 0) is 24.1 Å². The first kappa shape index (κ1) is 21.7. The number of carbonyl (C=O) groups is 2. The summed E-state index contributed by atoms with van der Waals surface area (Å²) in [4.78, 5) is 36.4. The molecule has 3 aromatic rings. The van der Waals surface area contributed by atoms with Crippen LogP contribution >= 0.6 is 0 Å². The van der Waals surface area contributed by atoms with E-state index >= 15 is 0 Å². The molecule has 1 aromatic carbocycles. The Kier molecular flexibility index (Phi) is 6.61. The molecule has 1 aliphatic heterocycles. The lowest BCUT2D eigenvalue weighted by molar-refractivity contribution is 0.0707. The largest absolute Gasteiger partial charge is 0.373 e. The Hall–Kier alpha value is -3.52. The molecule has 2 amide bonds. The van der Waals surface area contributed by atoms with Gasteiger partial charge in [0.25, 0.3) is 11.8 Å². The van der Waals surface area contributed by atoms with Crippen LogP contribution in [0, 0.1) is 0 Å². The number of fused-ring (bicyclic) bond motifs is 1. The zero-order valence-electron chi connectivity index (χ0n) is 18.3. The summed E-state index contributed by atoms with van der Waals surface area (Å²) in [5.74, 6) is 0.168. The maximum Gasteiger partial charge on any atom is 0.270 e. The van der Waals surface area contributed by atoms with Gasteiger partial charge in [-0.3, -0.25) is 9.59 Å². The average molecular weight is 434 g/mol. The van der Waals surface area contributed by atoms with Crippen LogP contribution < -0.4 is 5.32 Å². The van der Waals surface area contributed by atoms with E-state index in [-0.39, 0.29) is 24.4 Å². The van der Waals surface area contributed by atoms with Crippen molar-refractivity contribution in [3.63, 3.8) is 0 Å². The number of carbonyl (C=O) groups excluding carboxylic acids is 2. The van der Waals surface area contributed by atoms with Crippen molar-refractivity contribution in [3.05, 3.63) is 83.2 Å². The van der Waals surface area contributed by atoms with Crippen molar-refractivity contribution in [2.24, 2.45) is 0 Å². The summed E-state index contributed by atoms with van der Waals surface area (Å²) >= 11 is 0. The molecule has 0 radical (unpaired) electrons. The standard InChI is InChI=1S/C24H27N5O3/c1-3-19(17-8-5-4-6-9-17)27-23(30)18-14-20(29-12-13-32-16-21(18)29)24(31)28(2)15-22-25-10-7-11-26-22/h4-11,14,19H,3,12-13,15-16H2,1-2H3,(H,27,30). The molecule has 1 unspecified atom stereocenters. The number of amides is 2. The van der Waals surface area contributed by atoms with Gasteiger partial charge in [0.15, 0.2) is 0 Å². The van der Waals surface area contributed by atoms with Gasteiger partial charge in [0.05, 0.1) is 37.1 Å². The van der Waals surface area contributed by atoms with Gasteiger partial charge < -0.3 is 19.5 Å². The number of rotatable bonds is 7. The number of hydrogen-bond acceptors (Lipinski definition) is 5. The molecule has 0 saturated carbocycles. The van der Waals surface area contributed by atoms with Crippen molar-refractivity contribution in [2.45, 2.75) is 39.1 Å². The molecule has 0 bridgehead atoms. The third-order valence-corrected chi connectivity index (χ3v) is 5.63. The predicted molar refractivity (Wildman–Crippen MR) is 119 cm³/mol. The highest BCUT2D eigenvalue weighted by Crippen LogP contribution is 2.24. The minimum atomic E-state index is -0.206. The summed E-state index contributed by atoms with van der Waals surface area (Å²) in [6.07, 6.45) is 4.06. The van der Waals surface area contributed by atoms with Gasteiger partial charge in [-0.2, -0.15) is 0 Å². The summed E-state index contributed by atoms with van der Waals surface area (Å²) < 4.78 is 7.50. The fraction of sp³-hybridized carbons (Fsp3) is 0.333. The second-order valence-electron chi connectivity index (χ2n) is 7.77. The summed E-state index contributed by atoms with van der Waals surface area (Å²) in [5, 5.41) is 3.12. The first-order valence-corrected chi connectivity index (χ1v) is 10.8. The van der Waals surface area contributed by atoms with E-state index < -0.39 is 0 Å². The monoisotopic (exact) mass is 433 g/mol. The molecule has 1 aliphatic rings. The predicted octanol–water partition coefficient (Wildman–Crippen LogP) is 2.96. The summed E-state index contributed by atoms with van der Waals surface area (Å²) in [7, 11) is 1.71. The highest BCUT2D eigenvalue weighted by Gasteiger charge is 2.28. The quantitative estimate of drug-likeness (QED) is 0.619. The minimum Gasteiger partial charge on any atom is -0.373 e. The Morgan fingerprint density at radius 3 is 2.66 bits per heavy atom. The lowest BCUT2D eigenvalue weighted by atomic mass is 10.0. The van der Waals surface area contributed by atoms with E-state index in [1.807, 2.05) is 41.8 Å².